The number of ether oxygens (including phenoxy) is 1. The summed E-state index contributed by atoms with van der Waals surface area (Å²) in [6, 6.07) is 5.49. The number of aliphatic hydroxyl groups excluding tert-OH is 1. The summed E-state index contributed by atoms with van der Waals surface area (Å²) in [5.41, 5.74) is 0.973. The van der Waals surface area contributed by atoms with Gasteiger partial charge in [-0.15, -0.1) is 0 Å². The quantitative estimate of drug-likeness (QED) is 0.684. The van der Waals surface area contributed by atoms with Crippen LogP contribution in [0.15, 0.2) is 18.2 Å². The van der Waals surface area contributed by atoms with Gasteiger partial charge in [0.1, 0.15) is 18.5 Å². The molecule has 1 aromatic rings. The third kappa shape index (κ3) is 7.10. The first-order chi connectivity index (χ1) is 9.49. The van der Waals surface area contributed by atoms with E-state index in [1.807, 2.05) is 19.1 Å². The number of benzene rings is 1. The van der Waals surface area contributed by atoms with Gasteiger partial charge < -0.3 is 20.1 Å². The summed E-state index contributed by atoms with van der Waals surface area (Å²) < 4.78 is 5.54. The Morgan fingerprint density at radius 1 is 1.40 bits per heavy atom. The van der Waals surface area contributed by atoms with Crippen molar-refractivity contribution in [3.8, 4) is 5.75 Å². The molecule has 0 fully saturated rings. The predicted octanol–water partition coefficient (Wildman–Crippen LogP) is 1.93. The fraction of sp³-hybridized carbons (Fsp3) is 0.600. The second-order valence-electron chi connectivity index (χ2n) is 5.24. The summed E-state index contributed by atoms with van der Waals surface area (Å²) in [5.74, 6) is 0.735. The molecule has 114 valence electrons. The van der Waals surface area contributed by atoms with Gasteiger partial charge in [-0.2, -0.15) is 0 Å². The van der Waals surface area contributed by atoms with Crippen molar-refractivity contribution in [2.45, 2.75) is 19.4 Å². The lowest BCUT2D eigenvalue weighted by Crippen LogP contribution is -2.32. The molecular formula is C15H25ClN2O2. The zero-order valence-corrected chi connectivity index (χ0v) is 13.3. The van der Waals surface area contributed by atoms with E-state index in [-0.39, 0.29) is 6.61 Å². The third-order valence-electron chi connectivity index (χ3n) is 2.91. The highest BCUT2D eigenvalue weighted by molar-refractivity contribution is 6.31. The minimum Gasteiger partial charge on any atom is -0.491 e. The molecule has 0 aliphatic rings. The normalized spacial score (nSPS) is 12.7. The number of aliphatic hydroxyl groups is 1. The molecule has 0 amide bonds. The molecule has 1 unspecified atom stereocenters. The van der Waals surface area contributed by atoms with Crippen molar-refractivity contribution in [1.82, 2.24) is 10.2 Å². The average molecular weight is 301 g/mol. The standard InChI is InChI=1S/C15H25ClN2O2/c1-12-9-14(5-6-15(12)16)20-11-13(19)10-17-7-4-8-18(2)3/h5-6,9,13,17,19H,4,7-8,10-11H2,1-3H3. The lowest BCUT2D eigenvalue weighted by Gasteiger charge is -2.14. The second kappa shape index (κ2) is 9.19. The molecule has 0 aliphatic carbocycles. The molecule has 5 heteroatoms. The van der Waals surface area contributed by atoms with Gasteiger partial charge >= 0.3 is 0 Å². The average Bonchev–Trinajstić information content (AvgIpc) is 2.39. The summed E-state index contributed by atoms with van der Waals surface area (Å²) in [4.78, 5) is 2.14. The third-order valence-corrected chi connectivity index (χ3v) is 3.33. The van der Waals surface area contributed by atoms with E-state index in [0.717, 1.165) is 35.8 Å². The van der Waals surface area contributed by atoms with Gasteiger partial charge in [-0.25, -0.2) is 0 Å². The van der Waals surface area contributed by atoms with Crippen LogP contribution in [0.3, 0.4) is 0 Å². The van der Waals surface area contributed by atoms with Gasteiger partial charge in [-0.1, -0.05) is 11.6 Å². The molecule has 0 aromatic heterocycles. The van der Waals surface area contributed by atoms with Crippen molar-refractivity contribution in [1.29, 1.82) is 0 Å². The second-order valence-corrected chi connectivity index (χ2v) is 5.64. The molecule has 0 aliphatic heterocycles. The monoisotopic (exact) mass is 300 g/mol. The van der Waals surface area contributed by atoms with Crippen molar-refractivity contribution in [3.05, 3.63) is 28.8 Å². The van der Waals surface area contributed by atoms with Gasteiger partial charge in [0.15, 0.2) is 0 Å². The lowest BCUT2D eigenvalue weighted by atomic mass is 10.2. The largest absolute Gasteiger partial charge is 0.491 e. The Morgan fingerprint density at radius 3 is 2.80 bits per heavy atom. The first kappa shape index (κ1) is 17.2. The van der Waals surface area contributed by atoms with E-state index in [1.165, 1.54) is 0 Å². The highest BCUT2D eigenvalue weighted by Crippen LogP contribution is 2.20. The Balaban J connectivity index is 2.16. The number of halogens is 1. The van der Waals surface area contributed by atoms with Crippen molar-refractivity contribution < 1.29 is 9.84 Å². The van der Waals surface area contributed by atoms with Gasteiger partial charge in [-0.3, -0.25) is 0 Å². The van der Waals surface area contributed by atoms with Crippen LogP contribution >= 0.6 is 11.6 Å². The van der Waals surface area contributed by atoms with Crippen LogP contribution in [0.2, 0.25) is 5.02 Å². The summed E-state index contributed by atoms with van der Waals surface area (Å²) in [5, 5.41) is 13.8. The topological polar surface area (TPSA) is 44.7 Å². The van der Waals surface area contributed by atoms with Crippen LogP contribution in [0, 0.1) is 6.92 Å². The minimum atomic E-state index is -0.509. The van der Waals surface area contributed by atoms with Crippen molar-refractivity contribution in [2.75, 3.05) is 40.3 Å². The molecule has 0 radical (unpaired) electrons. The van der Waals surface area contributed by atoms with Crippen LogP contribution in [-0.2, 0) is 0 Å². The number of aryl methyl sites for hydroxylation is 1. The number of nitrogens with one attached hydrogen (secondary N) is 1. The molecule has 4 nitrogen and oxygen atoms in total. The highest BCUT2D eigenvalue weighted by atomic mass is 35.5. The van der Waals surface area contributed by atoms with E-state index < -0.39 is 6.10 Å². The van der Waals surface area contributed by atoms with Crippen LogP contribution in [0.4, 0.5) is 0 Å². The minimum absolute atomic E-state index is 0.280. The van der Waals surface area contributed by atoms with E-state index in [4.69, 9.17) is 16.3 Å². The zero-order valence-electron chi connectivity index (χ0n) is 12.5. The van der Waals surface area contributed by atoms with Crippen LogP contribution in [0.1, 0.15) is 12.0 Å². The number of nitrogens with zero attached hydrogens (tertiary/aromatic N) is 1. The van der Waals surface area contributed by atoms with Gasteiger partial charge in [0.2, 0.25) is 0 Å². The molecule has 0 heterocycles. The lowest BCUT2D eigenvalue weighted by molar-refractivity contribution is 0.106. The molecule has 0 saturated heterocycles. The van der Waals surface area contributed by atoms with Crippen LogP contribution in [0.25, 0.3) is 0 Å². The van der Waals surface area contributed by atoms with Crippen molar-refractivity contribution in [2.24, 2.45) is 0 Å². The Hall–Kier alpha value is -0.810. The number of rotatable bonds is 9. The maximum Gasteiger partial charge on any atom is 0.119 e. The molecule has 0 bridgehead atoms. The molecule has 2 N–H and O–H groups in total. The fourth-order valence-corrected chi connectivity index (χ4v) is 1.86. The Kier molecular flexibility index (Phi) is 7.92. The van der Waals surface area contributed by atoms with E-state index in [9.17, 15) is 5.11 Å². The predicted molar refractivity (Wildman–Crippen MR) is 83.7 cm³/mol. The summed E-state index contributed by atoms with van der Waals surface area (Å²) in [6.45, 7) is 4.69. The summed E-state index contributed by atoms with van der Waals surface area (Å²) in [6.07, 6.45) is 0.557. The molecule has 0 saturated carbocycles. The zero-order chi connectivity index (χ0) is 15.0. The summed E-state index contributed by atoms with van der Waals surface area (Å²) >= 11 is 5.95. The van der Waals surface area contributed by atoms with E-state index >= 15 is 0 Å². The maximum absolute atomic E-state index is 9.82. The maximum atomic E-state index is 9.82. The van der Waals surface area contributed by atoms with Crippen LogP contribution in [-0.4, -0.2) is 56.4 Å². The Morgan fingerprint density at radius 2 is 2.15 bits per heavy atom. The molecular weight excluding hydrogens is 276 g/mol. The Labute approximate surface area is 126 Å². The SMILES string of the molecule is Cc1cc(OCC(O)CNCCCN(C)C)ccc1Cl. The van der Waals surface area contributed by atoms with E-state index in [0.29, 0.717) is 6.54 Å². The molecule has 20 heavy (non-hydrogen) atoms. The number of hydrogen-bond donors (Lipinski definition) is 2. The molecule has 1 rings (SSSR count). The smallest absolute Gasteiger partial charge is 0.119 e. The highest BCUT2D eigenvalue weighted by Gasteiger charge is 2.05. The first-order valence-electron chi connectivity index (χ1n) is 6.91. The molecule has 1 aromatic carbocycles. The first-order valence-corrected chi connectivity index (χ1v) is 7.29. The molecule has 1 atom stereocenters. The van der Waals surface area contributed by atoms with Gasteiger partial charge in [-0.05, 0) is 64.3 Å². The van der Waals surface area contributed by atoms with Crippen molar-refractivity contribution in [3.63, 3.8) is 0 Å². The van der Waals surface area contributed by atoms with E-state index in [1.54, 1.807) is 6.07 Å². The molecule has 0 spiro atoms. The van der Waals surface area contributed by atoms with Gasteiger partial charge in [0, 0.05) is 11.6 Å². The van der Waals surface area contributed by atoms with Gasteiger partial charge in [0.05, 0.1) is 0 Å². The van der Waals surface area contributed by atoms with Crippen molar-refractivity contribution >= 4 is 11.6 Å². The van der Waals surface area contributed by atoms with Crippen LogP contribution < -0.4 is 10.1 Å². The summed E-state index contributed by atoms with van der Waals surface area (Å²) in [7, 11) is 4.10. The fourth-order valence-electron chi connectivity index (χ4n) is 1.75. The Bertz CT molecular complexity index is 399. The van der Waals surface area contributed by atoms with Gasteiger partial charge in [0.25, 0.3) is 0 Å². The van der Waals surface area contributed by atoms with Crippen LogP contribution in [0.5, 0.6) is 5.75 Å². The number of hydrogen-bond acceptors (Lipinski definition) is 4. The van der Waals surface area contributed by atoms with E-state index in [2.05, 4.69) is 24.3 Å².